The largest absolute Gasteiger partial charge is 0.399 e. The van der Waals surface area contributed by atoms with Crippen molar-refractivity contribution in [2.24, 2.45) is 0 Å². The molecule has 3 rings (SSSR count). The predicted molar refractivity (Wildman–Crippen MR) is 61.7 cm³/mol. The third-order valence-electron chi connectivity index (χ3n) is 3.25. The molecule has 1 aliphatic rings. The van der Waals surface area contributed by atoms with Crippen LogP contribution in [0.15, 0.2) is 24.4 Å². The number of aromatic nitrogens is 2. The van der Waals surface area contributed by atoms with Crippen LogP contribution in [0.3, 0.4) is 0 Å². The molecule has 0 radical (unpaired) electrons. The Kier molecular flexibility index (Phi) is 1.91. The van der Waals surface area contributed by atoms with Crippen LogP contribution in [-0.4, -0.2) is 9.78 Å². The fourth-order valence-corrected chi connectivity index (χ4v) is 2.41. The summed E-state index contributed by atoms with van der Waals surface area (Å²) in [5.41, 5.74) is 7.54. The quantitative estimate of drug-likeness (QED) is 0.721. The molecule has 0 unspecified atom stereocenters. The second kappa shape index (κ2) is 3.26. The maximum absolute atomic E-state index is 5.74. The van der Waals surface area contributed by atoms with Crippen molar-refractivity contribution >= 4 is 16.6 Å². The highest BCUT2D eigenvalue weighted by Gasteiger charge is 2.17. The van der Waals surface area contributed by atoms with E-state index >= 15 is 0 Å². The summed E-state index contributed by atoms with van der Waals surface area (Å²) in [6, 6.07) is 6.53. The maximum Gasteiger partial charge on any atom is 0.0943 e. The molecule has 0 atom stereocenters. The van der Waals surface area contributed by atoms with Crippen molar-refractivity contribution in [1.82, 2.24) is 9.78 Å². The van der Waals surface area contributed by atoms with Crippen LogP contribution in [0.4, 0.5) is 5.69 Å². The fraction of sp³-hybridized carbons (Fsp3) is 0.417. The lowest BCUT2D eigenvalue weighted by molar-refractivity contribution is 0.470. The zero-order valence-electron chi connectivity index (χ0n) is 8.69. The molecule has 3 heteroatoms. The van der Waals surface area contributed by atoms with Crippen LogP contribution in [0.5, 0.6) is 0 Å². The van der Waals surface area contributed by atoms with Gasteiger partial charge in [-0.25, -0.2) is 0 Å². The molecular weight excluding hydrogens is 186 g/mol. The Hall–Kier alpha value is -1.51. The number of nitrogens with two attached hydrogens (primary N) is 1. The van der Waals surface area contributed by atoms with E-state index < -0.39 is 0 Å². The zero-order valence-corrected chi connectivity index (χ0v) is 8.69. The Balaban J connectivity index is 2.05. The molecule has 1 aromatic carbocycles. The van der Waals surface area contributed by atoms with Gasteiger partial charge in [0.05, 0.1) is 11.6 Å². The first-order valence-corrected chi connectivity index (χ1v) is 5.57. The van der Waals surface area contributed by atoms with Gasteiger partial charge in [-0.1, -0.05) is 12.8 Å². The third kappa shape index (κ3) is 1.48. The van der Waals surface area contributed by atoms with Crippen LogP contribution in [0, 0.1) is 0 Å². The first-order valence-electron chi connectivity index (χ1n) is 5.57. The normalized spacial score (nSPS) is 17.6. The van der Waals surface area contributed by atoms with Crippen LogP contribution < -0.4 is 5.73 Å². The van der Waals surface area contributed by atoms with Gasteiger partial charge in [-0.2, -0.15) is 5.10 Å². The summed E-state index contributed by atoms with van der Waals surface area (Å²) < 4.78 is 2.12. The Labute approximate surface area is 88.9 Å². The van der Waals surface area contributed by atoms with Crippen molar-refractivity contribution in [3.63, 3.8) is 0 Å². The molecule has 1 aliphatic carbocycles. The van der Waals surface area contributed by atoms with Gasteiger partial charge in [-0.05, 0) is 31.0 Å². The van der Waals surface area contributed by atoms with Crippen molar-refractivity contribution < 1.29 is 0 Å². The van der Waals surface area contributed by atoms with Crippen molar-refractivity contribution in [2.45, 2.75) is 31.7 Å². The molecule has 3 nitrogen and oxygen atoms in total. The second-order valence-electron chi connectivity index (χ2n) is 4.37. The molecule has 1 fully saturated rings. The van der Waals surface area contributed by atoms with E-state index in [1.54, 1.807) is 0 Å². The van der Waals surface area contributed by atoms with E-state index in [1.807, 2.05) is 18.2 Å². The first kappa shape index (κ1) is 8.77. The van der Waals surface area contributed by atoms with E-state index in [2.05, 4.69) is 16.0 Å². The molecule has 1 heterocycles. The average Bonchev–Trinajstić information content (AvgIpc) is 2.84. The van der Waals surface area contributed by atoms with Crippen molar-refractivity contribution in [1.29, 1.82) is 0 Å². The smallest absolute Gasteiger partial charge is 0.0943 e. The van der Waals surface area contributed by atoms with Gasteiger partial charge in [0, 0.05) is 17.3 Å². The number of hydrogen-bond acceptors (Lipinski definition) is 2. The van der Waals surface area contributed by atoms with E-state index in [1.165, 1.54) is 31.1 Å². The number of anilines is 1. The number of hydrogen-bond donors (Lipinski definition) is 1. The van der Waals surface area contributed by atoms with Crippen molar-refractivity contribution in [2.75, 3.05) is 5.73 Å². The summed E-state index contributed by atoms with van der Waals surface area (Å²) in [5, 5.41) is 5.78. The summed E-state index contributed by atoms with van der Waals surface area (Å²) in [4.78, 5) is 0. The molecule has 1 saturated carbocycles. The molecule has 1 aromatic heterocycles. The lowest BCUT2D eigenvalue weighted by atomic mass is 10.2. The molecule has 2 aromatic rings. The predicted octanol–water partition coefficient (Wildman–Crippen LogP) is 2.73. The summed E-state index contributed by atoms with van der Waals surface area (Å²) in [6.45, 7) is 0. The number of benzene rings is 1. The lowest BCUT2D eigenvalue weighted by Gasteiger charge is -2.07. The van der Waals surface area contributed by atoms with Crippen LogP contribution in [-0.2, 0) is 0 Å². The van der Waals surface area contributed by atoms with E-state index in [-0.39, 0.29) is 0 Å². The molecule has 0 aliphatic heterocycles. The Bertz CT molecular complexity index is 481. The third-order valence-corrected chi connectivity index (χ3v) is 3.25. The molecule has 0 amide bonds. The highest BCUT2D eigenvalue weighted by Crippen LogP contribution is 2.30. The molecular formula is C12H15N3. The average molecular weight is 201 g/mol. The monoisotopic (exact) mass is 201 g/mol. The topological polar surface area (TPSA) is 43.8 Å². The van der Waals surface area contributed by atoms with Crippen LogP contribution in [0.1, 0.15) is 31.7 Å². The summed E-state index contributed by atoms with van der Waals surface area (Å²) in [6.07, 6.45) is 7.35. The Morgan fingerprint density at radius 3 is 2.87 bits per heavy atom. The SMILES string of the molecule is Nc1ccc2cn(C3CCCC3)nc2c1. The zero-order chi connectivity index (χ0) is 10.3. The van der Waals surface area contributed by atoms with Gasteiger partial charge in [0.2, 0.25) is 0 Å². The number of fused-ring (bicyclic) bond motifs is 1. The number of nitrogens with zero attached hydrogens (tertiary/aromatic N) is 2. The highest BCUT2D eigenvalue weighted by molar-refractivity contribution is 5.81. The van der Waals surface area contributed by atoms with E-state index in [4.69, 9.17) is 5.73 Å². The highest BCUT2D eigenvalue weighted by atomic mass is 15.3. The van der Waals surface area contributed by atoms with Gasteiger partial charge in [0.1, 0.15) is 0 Å². The fourth-order valence-electron chi connectivity index (χ4n) is 2.41. The van der Waals surface area contributed by atoms with Crippen LogP contribution >= 0.6 is 0 Å². The first-order chi connectivity index (χ1) is 7.33. The van der Waals surface area contributed by atoms with Crippen LogP contribution in [0.2, 0.25) is 0 Å². The minimum Gasteiger partial charge on any atom is -0.399 e. The summed E-state index contributed by atoms with van der Waals surface area (Å²) in [5.74, 6) is 0. The molecule has 78 valence electrons. The van der Waals surface area contributed by atoms with Gasteiger partial charge in [-0.3, -0.25) is 4.68 Å². The lowest BCUT2D eigenvalue weighted by Crippen LogP contribution is -2.04. The molecule has 15 heavy (non-hydrogen) atoms. The second-order valence-corrected chi connectivity index (χ2v) is 4.37. The Morgan fingerprint density at radius 2 is 2.07 bits per heavy atom. The van der Waals surface area contributed by atoms with E-state index in [0.29, 0.717) is 6.04 Å². The molecule has 0 spiro atoms. The maximum atomic E-state index is 5.74. The van der Waals surface area contributed by atoms with Gasteiger partial charge in [-0.15, -0.1) is 0 Å². The van der Waals surface area contributed by atoms with Crippen molar-refractivity contribution in [3.05, 3.63) is 24.4 Å². The summed E-state index contributed by atoms with van der Waals surface area (Å²) >= 11 is 0. The van der Waals surface area contributed by atoms with E-state index in [9.17, 15) is 0 Å². The standard InChI is InChI=1S/C12H15N3/c13-10-6-5-9-8-15(14-12(9)7-10)11-3-1-2-4-11/h5-8,11H,1-4,13H2. The number of rotatable bonds is 1. The Morgan fingerprint density at radius 1 is 1.27 bits per heavy atom. The van der Waals surface area contributed by atoms with Gasteiger partial charge in [0.25, 0.3) is 0 Å². The van der Waals surface area contributed by atoms with Gasteiger partial charge < -0.3 is 5.73 Å². The van der Waals surface area contributed by atoms with Crippen LogP contribution in [0.25, 0.3) is 10.9 Å². The summed E-state index contributed by atoms with van der Waals surface area (Å²) in [7, 11) is 0. The molecule has 0 saturated heterocycles. The molecule has 0 bridgehead atoms. The minimum absolute atomic E-state index is 0.610. The molecule has 2 N–H and O–H groups in total. The van der Waals surface area contributed by atoms with Gasteiger partial charge >= 0.3 is 0 Å². The van der Waals surface area contributed by atoms with E-state index in [0.717, 1.165) is 11.2 Å². The van der Waals surface area contributed by atoms with Crippen molar-refractivity contribution in [3.8, 4) is 0 Å². The minimum atomic E-state index is 0.610. The van der Waals surface area contributed by atoms with Gasteiger partial charge in [0.15, 0.2) is 0 Å². The number of nitrogen functional groups attached to an aromatic ring is 1.